The highest BCUT2D eigenvalue weighted by Gasteiger charge is 2.11. The molecule has 1 aromatic heterocycles. The Morgan fingerprint density at radius 2 is 2.15 bits per heavy atom. The Morgan fingerprint density at radius 3 is 2.95 bits per heavy atom. The normalized spacial score (nSPS) is 10.8. The van der Waals surface area contributed by atoms with E-state index in [1.807, 2.05) is 0 Å². The summed E-state index contributed by atoms with van der Waals surface area (Å²) in [6.07, 6.45) is 0. The largest absolute Gasteiger partial charge is 0.420 e. The number of aliphatic hydroxyl groups is 1. The van der Waals surface area contributed by atoms with Crippen molar-refractivity contribution in [1.29, 1.82) is 0 Å². The van der Waals surface area contributed by atoms with E-state index < -0.39 is 5.76 Å². The number of carbonyl (C=O) groups is 1. The summed E-state index contributed by atoms with van der Waals surface area (Å²) in [5.41, 5.74) is 1.04. The molecule has 1 aromatic carbocycles. The van der Waals surface area contributed by atoms with E-state index in [1.54, 1.807) is 24.3 Å². The molecule has 0 saturated carbocycles. The molecule has 0 fully saturated rings. The van der Waals surface area contributed by atoms with Crippen LogP contribution < -0.4 is 11.1 Å². The van der Waals surface area contributed by atoms with Crippen LogP contribution in [0.2, 0.25) is 0 Å². The molecule has 0 aliphatic carbocycles. The fourth-order valence-corrected chi connectivity index (χ4v) is 1.79. The molecule has 0 saturated heterocycles. The summed E-state index contributed by atoms with van der Waals surface area (Å²) in [7, 11) is 0. The van der Waals surface area contributed by atoms with E-state index in [0.29, 0.717) is 24.3 Å². The second-order valence-electron chi connectivity index (χ2n) is 4.11. The van der Waals surface area contributed by atoms with Crippen molar-refractivity contribution in [3.05, 3.63) is 34.8 Å². The van der Waals surface area contributed by atoms with Crippen LogP contribution in [0, 0.1) is 0 Å². The number of nitrogens with zero attached hydrogens (tertiary/aromatic N) is 1. The Bertz CT molecular complexity index is 631. The predicted octanol–water partition coefficient (Wildman–Crippen LogP) is -0.280. The van der Waals surface area contributed by atoms with Crippen molar-refractivity contribution in [2.24, 2.45) is 0 Å². The first kappa shape index (κ1) is 14.3. The van der Waals surface area contributed by atoms with E-state index >= 15 is 0 Å². The predicted molar refractivity (Wildman–Crippen MR) is 71.4 cm³/mol. The zero-order chi connectivity index (χ0) is 14.4. The van der Waals surface area contributed by atoms with Gasteiger partial charge in [0.1, 0.15) is 6.54 Å². The highest BCUT2D eigenvalue weighted by molar-refractivity contribution is 5.79. The van der Waals surface area contributed by atoms with Crippen molar-refractivity contribution < 1.29 is 19.1 Å². The van der Waals surface area contributed by atoms with Crippen molar-refractivity contribution in [2.45, 2.75) is 6.54 Å². The van der Waals surface area contributed by atoms with E-state index in [4.69, 9.17) is 14.3 Å². The number of nitrogens with one attached hydrogen (secondary N) is 1. The van der Waals surface area contributed by atoms with Crippen molar-refractivity contribution in [3.8, 4) is 0 Å². The zero-order valence-electron chi connectivity index (χ0n) is 10.9. The minimum Gasteiger partial charge on any atom is -0.408 e. The molecule has 2 aromatic rings. The van der Waals surface area contributed by atoms with Gasteiger partial charge in [0.05, 0.1) is 25.3 Å². The molecule has 7 heteroatoms. The third kappa shape index (κ3) is 3.46. The van der Waals surface area contributed by atoms with Gasteiger partial charge in [-0.3, -0.25) is 9.36 Å². The highest BCUT2D eigenvalue weighted by Crippen LogP contribution is 2.11. The third-order valence-corrected chi connectivity index (χ3v) is 2.68. The monoisotopic (exact) mass is 280 g/mol. The summed E-state index contributed by atoms with van der Waals surface area (Å²) < 4.78 is 11.3. The summed E-state index contributed by atoms with van der Waals surface area (Å²) >= 11 is 0. The first-order valence-corrected chi connectivity index (χ1v) is 6.26. The number of para-hydroxylation sites is 2. The first-order chi connectivity index (χ1) is 9.72. The number of rotatable bonds is 7. The second kappa shape index (κ2) is 6.88. The minimum atomic E-state index is -0.558. The van der Waals surface area contributed by atoms with Gasteiger partial charge in [0.15, 0.2) is 5.58 Å². The maximum absolute atomic E-state index is 11.7. The maximum atomic E-state index is 11.7. The Hall–Kier alpha value is -2.12. The van der Waals surface area contributed by atoms with Gasteiger partial charge in [0.25, 0.3) is 0 Å². The summed E-state index contributed by atoms with van der Waals surface area (Å²) in [5, 5.41) is 11.1. The fourth-order valence-electron chi connectivity index (χ4n) is 1.79. The molecular formula is C13H16N2O5. The van der Waals surface area contributed by atoms with Crippen LogP contribution in [0.3, 0.4) is 0 Å². The van der Waals surface area contributed by atoms with Crippen molar-refractivity contribution in [3.63, 3.8) is 0 Å². The van der Waals surface area contributed by atoms with Crippen LogP contribution in [0.4, 0.5) is 0 Å². The number of carbonyl (C=O) groups excluding carboxylic acids is 1. The molecule has 2 N–H and O–H groups in total. The van der Waals surface area contributed by atoms with Crippen LogP contribution in [-0.4, -0.2) is 41.9 Å². The van der Waals surface area contributed by atoms with Crippen LogP contribution in [0.1, 0.15) is 0 Å². The van der Waals surface area contributed by atoms with E-state index in [-0.39, 0.29) is 25.7 Å². The van der Waals surface area contributed by atoms with Crippen LogP contribution in [0.5, 0.6) is 0 Å². The lowest BCUT2D eigenvalue weighted by Gasteiger charge is -2.06. The lowest BCUT2D eigenvalue weighted by molar-refractivity contribution is -0.121. The topological polar surface area (TPSA) is 93.7 Å². The number of aliphatic hydroxyl groups excluding tert-OH is 1. The molecule has 0 unspecified atom stereocenters. The quantitative estimate of drug-likeness (QED) is 0.680. The lowest BCUT2D eigenvalue weighted by atomic mass is 10.3. The molecule has 20 heavy (non-hydrogen) atoms. The molecule has 1 amide bonds. The number of amides is 1. The number of hydrogen-bond acceptors (Lipinski definition) is 5. The SMILES string of the molecule is O=C(Cn1c(=O)oc2ccccc21)NCCOCCO. The molecule has 0 aliphatic rings. The summed E-state index contributed by atoms with van der Waals surface area (Å²) in [4.78, 5) is 23.4. The van der Waals surface area contributed by atoms with Crippen molar-refractivity contribution >= 4 is 17.0 Å². The minimum absolute atomic E-state index is 0.0512. The van der Waals surface area contributed by atoms with Crippen LogP contribution in [-0.2, 0) is 16.1 Å². The molecule has 7 nitrogen and oxygen atoms in total. The molecule has 0 aliphatic heterocycles. The Labute approximate surface area is 114 Å². The number of oxazole rings is 1. The number of fused-ring (bicyclic) bond motifs is 1. The van der Waals surface area contributed by atoms with Gasteiger partial charge in [0.2, 0.25) is 5.91 Å². The summed E-state index contributed by atoms with van der Waals surface area (Å²) in [5.74, 6) is -0.857. The number of aromatic nitrogens is 1. The van der Waals surface area contributed by atoms with Crippen molar-refractivity contribution in [1.82, 2.24) is 9.88 Å². The van der Waals surface area contributed by atoms with Gasteiger partial charge in [0, 0.05) is 6.54 Å². The number of ether oxygens (including phenoxy) is 1. The van der Waals surface area contributed by atoms with Gasteiger partial charge in [-0.05, 0) is 12.1 Å². The van der Waals surface area contributed by atoms with Gasteiger partial charge in [-0.25, -0.2) is 4.79 Å². The zero-order valence-corrected chi connectivity index (χ0v) is 10.9. The Balaban J connectivity index is 1.93. The molecule has 0 spiro atoms. The summed E-state index contributed by atoms with van der Waals surface area (Å²) in [6, 6.07) is 6.92. The maximum Gasteiger partial charge on any atom is 0.420 e. The number of benzene rings is 1. The van der Waals surface area contributed by atoms with Crippen molar-refractivity contribution in [2.75, 3.05) is 26.4 Å². The van der Waals surface area contributed by atoms with Gasteiger partial charge in [-0.2, -0.15) is 0 Å². The van der Waals surface area contributed by atoms with Gasteiger partial charge < -0.3 is 19.6 Å². The standard InChI is InChI=1S/C13H16N2O5/c16-6-8-19-7-5-14-12(17)9-15-10-3-1-2-4-11(10)20-13(15)18/h1-4,16H,5-9H2,(H,14,17). The lowest BCUT2D eigenvalue weighted by Crippen LogP contribution is -2.33. The average Bonchev–Trinajstić information content (AvgIpc) is 2.75. The molecule has 2 rings (SSSR count). The van der Waals surface area contributed by atoms with E-state index in [9.17, 15) is 9.59 Å². The molecule has 0 atom stereocenters. The highest BCUT2D eigenvalue weighted by atomic mass is 16.5. The Kier molecular flexibility index (Phi) is 4.91. The van der Waals surface area contributed by atoms with Gasteiger partial charge in [-0.1, -0.05) is 12.1 Å². The van der Waals surface area contributed by atoms with Gasteiger partial charge >= 0.3 is 5.76 Å². The average molecular weight is 280 g/mol. The van der Waals surface area contributed by atoms with E-state index in [2.05, 4.69) is 5.32 Å². The van der Waals surface area contributed by atoms with Gasteiger partial charge in [-0.15, -0.1) is 0 Å². The Morgan fingerprint density at radius 1 is 1.35 bits per heavy atom. The summed E-state index contributed by atoms with van der Waals surface area (Å²) in [6.45, 7) is 0.721. The van der Waals surface area contributed by atoms with Crippen LogP contribution in [0.15, 0.2) is 33.5 Å². The molecule has 108 valence electrons. The molecular weight excluding hydrogens is 264 g/mol. The fraction of sp³-hybridized carbons (Fsp3) is 0.385. The molecule has 1 heterocycles. The van der Waals surface area contributed by atoms with Crippen LogP contribution in [0.25, 0.3) is 11.1 Å². The number of hydrogen-bond donors (Lipinski definition) is 2. The molecule has 0 radical (unpaired) electrons. The third-order valence-electron chi connectivity index (χ3n) is 2.68. The van der Waals surface area contributed by atoms with E-state index in [0.717, 1.165) is 0 Å². The second-order valence-corrected chi connectivity index (χ2v) is 4.11. The molecule has 0 bridgehead atoms. The smallest absolute Gasteiger partial charge is 0.408 e. The first-order valence-electron chi connectivity index (χ1n) is 6.26. The van der Waals surface area contributed by atoms with E-state index in [1.165, 1.54) is 4.57 Å². The van der Waals surface area contributed by atoms with Crippen LogP contribution >= 0.6 is 0 Å².